The molecular formula is C105H88BBr2IO2P4Pd. The second-order valence-corrected chi connectivity index (χ2v) is 37.7. The van der Waals surface area contributed by atoms with Gasteiger partial charge in [-0.25, -0.2) is 0 Å². The first kappa shape index (κ1) is 88.9. The average Bonchev–Trinajstić information content (AvgIpc) is 0.794. The molecule has 0 spiro atoms. The molecule has 0 saturated carbocycles. The van der Waals surface area contributed by atoms with Crippen LogP contribution in [0.5, 0.6) is 0 Å². The van der Waals surface area contributed by atoms with Crippen LogP contribution in [-0.2, 0) is 20.4 Å². The van der Waals surface area contributed by atoms with Crippen molar-refractivity contribution in [2.24, 2.45) is 0 Å². The minimum Gasteiger partial charge on any atom is -0.423 e. The molecule has 0 fully saturated rings. The second-order valence-electron chi connectivity index (χ2n) is 25.8. The minimum absolute atomic E-state index is 0. The topological polar surface area (TPSA) is 40.5 Å². The van der Waals surface area contributed by atoms with E-state index in [1.54, 1.807) is 6.07 Å². The molecule has 18 rings (SSSR count). The van der Waals surface area contributed by atoms with Gasteiger partial charge in [-0.05, 0) is 186 Å². The van der Waals surface area contributed by atoms with Crippen molar-refractivity contribution in [3.8, 4) is 11.1 Å². The Morgan fingerprint density at radius 3 is 0.664 bits per heavy atom. The smallest absolute Gasteiger partial charge is 0.423 e. The largest absolute Gasteiger partial charge is 0.489 e. The Morgan fingerprint density at radius 2 is 0.422 bits per heavy atom. The first-order chi connectivity index (χ1) is 56.2. The molecule has 0 atom stereocenters. The first-order valence-corrected chi connectivity index (χ1v) is 45.6. The summed E-state index contributed by atoms with van der Waals surface area (Å²) in [4.78, 5) is 0. The Balaban J connectivity index is 0.000000144. The number of hydrogen-bond donors (Lipinski definition) is 2. The Hall–Kier alpha value is -9.46. The van der Waals surface area contributed by atoms with Crippen molar-refractivity contribution < 1.29 is 30.5 Å². The monoisotopic (exact) mass is 1910 g/mol. The predicted molar refractivity (Wildman–Crippen MR) is 525 cm³/mol. The third kappa shape index (κ3) is 26.8. The quantitative estimate of drug-likeness (QED) is 0.0647. The first-order valence-electron chi connectivity index (χ1n) is 37.5. The molecule has 2 N–H and O–H groups in total. The van der Waals surface area contributed by atoms with E-state index in [1.807, 2.05) is 48.5 Å². The van der Waals surface area contributed by atoms with E-state index >= 15 is 0 Å². The summed E-state index contributed by atoms with van der Waals surface area (Å²) in [5.74, 6) is 0. The molecule has 0 bridgehead atoms. The number of halogens is 3. The summed E-state index contributed by atoms with van der Waals surface area (Å²) >= 11 is 9.16. The summed E-state index contributed by atoms with van der Waals surface area (Å²) in [6.07, 6.45) is 0. The molecule has 0 aliphatic carbocycles. The Morgan fingerprint density at radius 1 is 0.216 bits per heavy atom. The molecule has 18 aromatic carbocycles. The fourth-order valence-corrected chi connectivity index (χ4v) is 23.8. The van der Waals surface area contributed by atoms with Gasteiger partial charge in [-0.3, -0.25) is 0 Å². The number of rotatable bonds is 14. The maximum atomic E-state index is 9.08. The number of hydrogen-bond acceptors (Lipinski definition) is 2. The van der Waals surface area contributed by atoms with Crippen LogP contribution in [0.2, 0.25) is 0 Å². The van der Waals surface area contributed by atoms with Crippen LogP contribution in [0, 0.1) is 3.57 Å². The normalized spacial score (nSPS) is 10.3. The molecule has 0 aromatic heterocycles. The molecule has 0 aliphatic rings. The van der Waals surface area contributed by atoms with Gasteiger partial charge in [0.25, 0.3) is 0 Å². The zero-order chi connectivity index (χ0) is 78.6. The van der Waals surface area contributed by atoms with Crippen LogP contribution in [0.15, 0.2) is 506 Å². The van der Waals surface area contributed by atoms with Gasteiger partial charge in [0, 0.05) is 32.9 Å². The van der Waals surface area contributed by atoms with Crippen molar-refractivity contribution in [2.45, 2.75) is 7.43 Å². The molecule has 0 aliphatic heterocycles. The van der Waals surface area contributed by atoms with E-state index in [0.717, 1.165) is 19.7 Å². The van der Waals surface area contributed by atoms with Gasteiger partial charge in [0.15, 0.2) is 0 Å². The van der Waals surface area contributed by atoms with E-state index in [-0.39, 0.29) is 27.8 Å². The molecule has 0 unspecified atom stereocenters. The molecule has 0 saturated heterocycles. The number of fused-ring (bicyclic) bond motifs is 2. The third-order valence-electron chi connectivity index (χ3n) is 18.0. The van der Waals surface area contributed by atoms with Gasteiger partial charge >= 0.3 is 7.12 Å². The Labute approximate surface area is 735 Å². The fourth-order valence-electron chi connectivity index (χ4n) is 12.8. The minimum atomic E-state index is -1.40. The molecular weight excluding hydrogens is 1820 g/mol. The Bertz CT molecular complexity index is 4890. The van der Waals surface area contributed by atoms with Crippen LogP contribution in [0.3, 0.4) is 0 Å². The van der Waals surface area contributed by atoms with Gasteiger partial charge in [-0.1, -0.05) is 506 Å². The van der Waals surface area contributed by atoms with Crippen molar-refractivity contribution >= 4 is 184 Å². The Kier molecular flexibility index (Phi) is 37.5. The van der Waals surface area contributed by atoms with Gasteiger partial charge in [0.05, 0.1) is 0 Å². The maximum Gasteiger partial charge on any atom is 0.489 e. The fraction of sp³-hybridized carbons (Fsp3) is 0.00952. The molecule has 11 heteroatoms. The molecule has 116 heavy (non-hydrogen) atoms. The van der Waals surface area contributed by atoms with Gasteiger partial charge in [0.1, 0.15) is 0 Å². The van der Waals surface area contributed by atoms with E-state index in [1.165, 1.54) is 89.1 Å². The van der Waals surface area contributed by atoms with E-state index in [2.05, 4.69) is 497 Å². The molecule has 0 heterocycles. The summed E-state index contributed by atoms with van der Waals surface area (Å²) in [6.45, 7) is 0. The average molecular weight is 1910 g/mol. The molecule has 0 radical (unpaired) electrons. The standard InChI is InChI=1S/4C18H15P.C16H11Br.C10H9BO2.C6H4BrI.CH4.Pd/c4*1-4-10-16(11-5-1)19(17-12-6-2-7-13-17)18-14-8-3-9-15-18;17-14-8-3-7-13(11-14)16-10-4-6-12-5-1-2-9-15(12)16;12-11(13)10-7-3-5-8-4-1-2-6-9(8)10;7-5-2-1-3-6(8)4-5;;/h4*1-15H;1-11H;1-7,12-13H;1-4H;1H4;. The SMILES string of the molecule is Brc1cccc(-c2cccc3ccccc23)c1.Brc1cccc(I)c1.C.OB(O)c1cccc2ccccc12.[Pd].c1ccc(P(c2ccccc2)c2ccccc2)cc1.c1ccc(P(c2ccccc2)c2ccccc2)cc1.c1ccc(P(c2ccccc2)c2ccccc2)cc1.c1ccc(P(c2ccccc2)c2ccccc2)cc1. The van der Waals surface area contributed by atoms with Crippen molar-refractivity contribution in [2.75, 3.05) is 0 Å². The third-order valence-corrected chi connectivity index (χ3v) is 29.4. The molecule has 2 nitrogen and oxygen atoms in total. The van der Waals surface area contributed by atoms with Gasteiger partial charge in [-0.2, -0.15) is 0 Å². The summed E-state index contributed by atoms with van der Waals surface area (Å²) in [5, 5.41) is 39.4. The van der Waals surface area contributed by atoms with E-state index < -0.39 is 38.8 Å². The van der Waals surface area contributed by atoms with E-state index in [9.17, 15) is 0 Å². The van der Waals surface area contributed by atoms with Crippen LogP contribution >= 0.6 is 86.1 Å². The van der Waals surface area contributed by atoms with Crippen LogP contribution in [0.1, 0.15) is 7.43 Å². The van der Waals surface area contributed by atoms with Gasteiger partial charge in [-0.15, -0.1) is 0 Å². The maximum absolute atomic E-state index is 9.08. The second kappa shape index (κ2) is 48.9. The summed E-state index contributed by atoms with van der Waals surface area (Å²) < 4.78 is 3.52. The van der Waals surface area contributed by atoms with Crippen molar-refractivity contribution in [3.05, 3.63) is 510 Å². The van der Waals surface area contributed by atoms with E-state index in [0.29, 0.717) is 5.46 Å². The molecule has 0 amide bonds. The van der Waals surface area contributed by atoms with Gasteiger partial charge in [0.2, 0.25) is 0 Å². The van der Waals surface area contributed by atoms with E-state index in [4.69, 9.17) is 10.0 Å². The summed E-state index contributed by atoms with van der Waals surface area (Å²) in [5.41, 5.74) is 3.08. The molecule has 574 valence electrons. The summed E-state index contributed by atoms with van der Waals surface area (Å²) in [7, 11) is -3.18. The van der Waals surface area contributed by atoms with Crippen LogP contribution in [-0.4, -0.2) is 17.2 Å². The van der Waals surface area contributed by atoms with Crippen LogP contribution in [0.4, 0.5) is 0 Å². The van der Waals surface area contributed by atoms with Gasteiger partial charge < -0.3 is 10.0 Å². The predicted octanol–water partition coefficient (Wildman–Crippen LogP) is 23.3. The summed E-state index contributed by atoms with van der Waals surface area (Å²) in [6, 6.07) is 174. The van der Waals surface area contributed by atoms with Crippen molar-refractivity contribution in [1.82, 2.24) is 0 Å². The van der Waals surface area contributed by atoms with Crippen molar-refractivity contribution in [3.63, 3.8) is 0 Å². The zero-order valence-corrected chi connectivity index (χ0v) is 73.5. The molecule has 18 aromatic rings. The number of benzene rings is 18. The van der Waals surface area contributed by atoms with Crippen LogP contribution < -0.4 is 69.1 Å². The van der Waals surface area contributed by atoms with Crippen molar-refractivity contribution in [1.29, 1.82) is 0 Å². The van der Waals surface area contributed by atoms with Crippen LogP contribution in [0.25, 0.3) is 32.7 Å². The zero-order valence-electron chi connectivity index (χ0n) is 63.1.